The minimum Gasteiger partial charge on any atom is -0.310 e. The number of fused-ring (bicyclic) bond motifs is 12. The lowest BCUT2D eigenvalue weighted by Crippen LogP contribution is -2.41. The highest BCUT2D eigenvalue weighted by molar-refractivity contribution is 5.96. The molecule has 0 saturated carbocycles. The fourth-order valence-corrected chi connectivity index (χ4v) is 13.6. The first-order valence-electron chi connectivity index (χ1n) is 25.3. The summed E-state index contributed by atoms with van der Waals surface area (Å²) < 4.78 is 0. The van der Waals surface area contributed by atoms with Crippen molar-refractivity contribution in [2.24, 2.45) is 0 Å². The Hall–Kier alpha value is -8.78. The first kappa shape index (κ1) is 42.1. The van der Waals surface area contributed by atoms with E-state index in [0.717, 1.165) is 17.1 Å². The molecule has 14 rings (SSSR count). The zero-order chi connectivity index (χ0) is 48.0. The van der Waals surface area contributed by atoms with Crippen LogP contribution in [0.2, 0.25) is 0 Å². The summed E-state index contributed by atoms with van der Waals surface area (Å²) in [6.45, 7) is 4.86. The summed E-state index contributed by atoms with van der Waals surface area (Å²) in [4.78, 5) is 2.41. The second-order valence-electron chi connectivity index (χ2n) is 20.3. The molecule has 0 aliphatic heterocycles. The van der Waals surface area contributed by atoms with E-state index in [1.165, 1.54) is 100 Å². The quantitative estimate of drug-likeness (QED) is 0.154. The van der Waals surface area contributed by atoms with Crippen LogP contribution in [0.4, 0.5) is 17.1 Å². The Labute approximate surface area is 423 Å². The molecule has 0 radical (unpaired) electrons. The summed E-state index contributed by atoms with van der Waals surface area (Å²) >= 11 is 0. The third-order valence-corrected chi connectivity index (χ3v) is 16.4. The number of para-hydroxylation sites is 1. The van der Waals surface area contributed by atoms with E-state index in [0.29, 0.717) is 0 Å². The van der Waals surface area contributed by atoms with Gasteiger partial charge in [-0.05, 0) is 137 Å². The summed E-state index contributed by atoms with van der Waals surface area (Å²) in [5.41, 5.74) is 25.6. The fourth-order valence-electron chi connectivity index (χ4n) is 13.6. The van der Waals surface area contributed by atoms with Crippen molar-refractivity contribution in [3.8, 4) is 44.5 Å². The first-order valence-corrected chi connectivity index (χ1v) is 25.3. The maximum Gasteiger partial charge on any atom is 0.0719 e. The third kappa shape index (κ3) is 5.83. The van der Waals surface area contributed by atoms with Gasteiger partial charge in [-0.15, -0.1) is 0 Å². The monoisotopic (exact) mass is 917 g/mol. The van der Waals surface area contributed by atoms with Crippen LogP contribution in [0.5, 0.6) is 0 Å². The van der Waals surface area contributed by atoms with Gasteiger partial charge in [0.1, 0.15) is 0 Å². The Morgan fingerprint density at radius 2 is 0.694 bits per heavy atom. The predicted molar refractivity (Wildman–Crippen MR) is 299 cm³/mol. The topological polar surface area (TPSA) is 3.24 Å². The molecule has 11 aromatic rings. The van der Waals surface area contributed by atoms with E-state index in [4.69, 9.17) is 0 Å². The van der Waals surface area contributed by atoms with E-state index < -0.39 is 10.8 Å². The smallest absolute Gasteiger partial charge is 0.0719 e. The summed E-state index contributed by atoms with van der Waals surface area (Å²) in [6, 6.07) is 102. The van der Waals surface area contributed by atoms with Crippen LogP contribution in [-0.2, 0) is 16.2 Å². The maximum absolute atomic E-state index is 2.43. The van der Waals surface area contributed by atoms with Crippen molar-refractivity contribution < 1.29 is 0 Å². The van der Waals surface area contributed by atoms with Crippen LogP contribution >= 0.6 is 0 Å². The Kier molecular flexibility index (Phi) is 9.44. The van der Waals surface area contributed by atoms with Crippen LogP contribution in [0.25, 0.3) is 44.5 Å². The standard InChI is InChI=1S/C71H51N/c1-69(2)63-39-18-19-40-64(63)71(60-36-15-12-31-57(60)58-32-13-16-37-61(58)71)66-42-22-35-56(68(66)69)49-23-20-30-54(47-49)72(52-28-10-5-11-29-52)53-45-43-48(44-46-53)55-34-21-41-65-67(55)59-33-14-17-38-62(59)70(65,50-24-6-3-7-25-50)51-26-8-4-9-27-51/h3-47H,1-2H3. The van der Waals surface area contributed by atoms with Crippen molar-refractivity contribution in [2.75, 3.05) is 4.90 Å². The van der Waals surface area contributed by atoms with Gasteiger partial charge in [0.2, 0.25) is 0 Å². The molecule has 3 aliphatic carbocycles. The summed E-state index contributed by atoms with van der Waals surface area (Å²) in [6.07, 6.45) is 0. The molecule has 340 valence electrons. The van der Waals surface area contributed by atoms with Crippen molar-refractivity contribution in [2.45, 2.75) is 30.1 Å². The molecule has 11 aromatic carbocycles. The lowest BCUT2D eigenvalue weighted by atomic mass is 9.54. The second-order valence-corrected chi connectivity index (χ2v) is 20.3. The number of nitrogens with zero attached hydrogens (tertiary/aromatic N) is 1. The van der Waals surface area contributed by atoms with E-state index in [1.807, 2.05) is 0 Å². The Morgan fingerprint density at radius 1 is 0.264 bits per heavy atom. The van der Waals surface area contributed by atoms with Crippen molar-refractivity contribution >= 4 is 17.1 Å². The van der Waals surface area contributed by atoms with Gasteiger partial charge in [0.15, 0.2) is 0 Å². The molecule has 3 aliphatic rings. The largest absolute Gasteiger partial charge is 0.310 e. The first-order chi connectivity index (χ1) is 35.5. The highest BCUT2D eigenvalue weighted by atomic mass is 15.1. The summed E-state index contributed by atoms with van der Waals surface area (Å²) in [7, 11) is 0. The molecule has 0 aromatic heterocycles. The van der Waals surface area contributed by atoms with Gasteiger partial charge >= 0.3 is 0 Å². The molecule has 0 atom stereocenters. The molecule has 0 amide bonds. The molecule has 0 heterocycles. The molecule has 0 saturated heterocycles. The van der Waals surface area contributed by atoms with Crippen LogP contribution in [0, 0.1) is 0 Å². The third-order valence-electron chi connectivity index (χ3n) is 16.4. The summed E-state index contributed by atoms with van der Waals surface area (Å²) in [5.74, 6) is 0. The zero-order valence-corrected chi connectivity index (χ0v) is 40.4. The fraction of sp³-hybridized carbons (Fsp3) is 0.0704. The molecule has 1 nitrogen and oxygen atoms in total. The molecule has 1 heteroatoms. The molecule has 0 bridgehead atoms. The molecule has 0 N–H and O–H groups in total. The SMILES string of the molecule is CC1(C)c2ccccc2C2(c3ccccc3-c3ccccc32)c2cccc(-c3cccc(N(c4ccccc4)c4ccc(-c5cccc6c5-c5ccccc5C6(c5ccccc5)c5ccccc5)cc4)c3)c21. The minimum atomic E-state index is -0.456. The van der Waals surface area contributed by atoms with Crippen molar-refractivity contribution in [1.29, 1.82) is 0 Å². The molecular weight excluding hydrogens is 867 g/mol. The van der Waals surface area contributed by atoms with Gasteiger partial charge in [-0.2, -0.15) is 0 Å². The Bertz CT molecular complexity index is 3800. The zero-order valence-electron chi connectivity index (χ0n) is 40.4. The minimum absolute atomic E-state index is 0.287. The van der Waals surface area contributed by atoms with Crippen LogP contribution in [0.15, 0.2) is 273 Å². The van der Waals surface area contributed by atoms with Crippen LogP contribution in [0.1, 0.15) is 69.5 Å². The molecule has 1 spiro atoms. The summed E-state index contributed by atoms with van der Waals surface area (Å²) in [5, 5.41) is 0. The highest BCUT2D eigenvalue weighted by Gasteiger charge is 2.54. The molecular formula is C71H51N. The molecule has 0 fully saturated rings. The molecule has 72 heavy (non-hydrogen) atoms. The van der Waals surface area contributed by atoms with E-state index in [1.54, 1.807) is 0 Å². The van der Waals surface area contributed by atoms with E-state index in [-0.39, 0.29) is 5.41 Å². The second kappa shape index (κ2) is 16.1. The average Bonchev–Trinajstić information content (AvgIpc) is 3.92. The van der Waals surface area contributed by atoms with Gasteiger partial charge < -0.3 is 4.90 Å². The van der Waals surface area contributed by atoms with E-state index in [9.17, 15) is 0 Å². The van der Waals surface area contributed by atoms with Gasteiger partial charge in [-0.3, -0.25) is 0 Å². The van der Waals surface area contributed by atoms with Crippen molar-refractivity contribution in [3.63, 3.8) is 0 Å². The van der Waals surface area contributed by atoms with Gasteiger partial charge in [-0.25, -0.2) is 0 Å². The van der Waals surface area contributed by atoms with Gasteiger partial charge in [0.25, 0.3) is 0 Å². The Morgan fingerprint density at radius 3 is 1.32 bits per heavy atom. The lowest BCUT2D eigenvalue weighted by Gasteiger charge is -2.47. The highest BCUT2D eigenvalue weighted by Crippen LogP contribution is 2.63. The number of rotatable bonds is 7. The lowest BCUT2D eigenvalue weighted by molar-refractivity contribution is 0.565. The normalized spacial score (nSPS) is 14.6. The predicted octanol–water partition coefficient (Wildman–Crippen LogP) is 17.9. The number of benzene rings is 11. The van der Waals surface area contributed by atoms with Gasteiger partial charge in [0.05, 0.1) is 10.8 Å². The van der Waals surface area contributed by atoms with Crippen molar-refractivity contribution in [3.05, 3.63) is 329 Å². The Balaban J connectivity index is 0.915. The molecule has 0 unspecified atom stereocenters. The number of hydrogen-bond donors (Lipinski definition) is 0. The van der Waals surface area contributed by atoms with Gasteiger partial charge in [-0.1, -0.05) is 250 Å². The van der Waals surface area contributed by atoms with Gasteiger partial charge in [0, 0.05) is 22.5 Å². The van der Waals surface area contributed by atoms with E-state index in [2.05, 4.69) is 292 Å². The number of hydrogen-bond acceptors (Lipinski definition) is 1. The van der Waals surface area contributed by atoms with Crippen molar-refractivity contribution in [1.82, 2.24) is 0 Å². The number of anilines is 3. The van der Waals surface area contributed by atoms with Crippen LogP contribution < -0.4 is 4.90 Å². The van der Waals surface area contributed by atoms with Crippen LogP contribution in [-0.4, -0.2) is 0 Å². The van der Waals surface area contributed by atoms with E-state index >= 15 is 0 Å². The average molecular weight is 918 g/mol. The van der Waals surface area contributed by atoms with Crippen LogP contribution in [0.3, 0.4) is 0 Å². The maximum atomic E-state index is 2.43.